The molecule has 0 aliphatic carbocycles. The van der Waals surface area contributed by atoms with Crippen molar-refractivity contribution in [3.63, 3.8) is 0 Å². The Morgan fingerprint density at radius 3 is 2.50 bits per heavy atom. The highest BCUT2D eigenvalue weighted by Crippen LogP contribution is 2.21. The summed E-state index contributed by atoms with van der Waals surface area (Å²) >= 11 is 0. The van der Waals surface area contributed by atoms with Gasteiger partial charge in [0.1, 0.15) is 5.75 Å². The van der Waals surface area contributed by atoms with Crippen LogP contribution in [0.4, 0.5) is 0 Å². The summed E-state index contributed by atoms with van der Waals surface area (Å²) in [5, 5.41) is 0. The van der Waals surface area contributed by atoms with Crippen LogP contribution in [0.25, 0.3) is 0 Å². The quantitative estimate of drug-likeness (QED) is 0.683. The second-order valence-corrected chi connectivity index (χ2v) is 8.90. The standard InChI is InChI=1S/C20H29N3O4S/c1-22-10-3-4-19(22)20(23-11-13-27-14-12-23)16-21-28(24,25)15-9-17-5-7-18(26-2)8-6-17/h3-8,10,20-21H,9,11-16H2,1-2H3/t20-/m0/s1. The van der Waals surface area contributed by atoms with E-state index < -0.39 is 10.0 Å². The van der Waals surface area contributed by atoms with Gasteiger partial charge in [0, 0.05) is 38.6 Å². The lowest BCUT2D eigenvalue weighted by Crippen LogP contribution is -2.44. The highest BCUT2D eigenvalue weighted by atomic mass is 32.2. The van der Waals surface area contributed by atoms with E-state index in [-0.39, 0.29) is 11.8 Å². The van der Waals surface area contributed by atoms with E-state index >= 15 is 0 Å². The molecule has 3 rings (SSSR count). The average molecular weight is 408 g/mol. The van der Waals surface area contributed by atoms with Crippen molar-refractivity contribution in [2.75, 3.05) is 45.7 Å². The Labute approximate surface area is 167 Å². The van der Waals surface area contributed by atoms with Gasteiger partial charge in [0.05, 0.1) is 32.1 Å². The molecule has 154 valence electrons. The Morgan fingerprint density at radius 1 is 1.18 bits per heavy atom. The molecule has 2 heterocycles. The van der Waals surface area contributed by atoms with Gasteiger partial charge in [0.25, 0.3) is 0 Å². The third-order valence-corrected chi connectivity index (χ3v) is 6.47. The molecule has 2 aromatic rings. The van der Waals surface area contributed by atoms with E-state index in [9.17, 15) is 8.42 Å². The molecule has 0 bridgehead atoms. The predicted octanol–water partition coefficient (Wildman–Crippen LogP) is 1.57. The topological polar surface area (TPSA) is 72.8 Å². The molecule has 8 heteroatoms. The lowest BCUT2D eigenvalue weighted by Gasteiger charge is -2.34. The van der Waals surface area contributed by atoms with Crippen molar-refractivity contribution in [2.24, 2.45) is 7.05 Å². The lowest BCUT2D eigenvalue weighted by molar-refractivity contribution is 0.0158. The Balaban J connectivity index is 1.61. The van der Waals surface area contributed by atoms with Gasteiger partial charge >= 0.3 is 0 Å². The first-order valence-electron chi connectivity index (χ1n) is 9.52. The van der Waals surface area contributed by atoms with E-state index in [1.54, 1.807) is 7.11 Å². The summed E-state index contributed by atoms with van der Waals surface area (Å²) in [5.41, 5.74) is 2.07. The van der Waals surface area contributed by atoms with E-state index in [4.69, 9.17) is 9.47 Å². The highest BCUT2D eigenvalue weighted by Gasteiger charge is 2.26. The average Bonchev–Trinajstić information content (AvgIpc) is 3.13. The van der Waals surface area contributed by atoms with Crippen LogP contribution in [0, 0.1) is 0 Å². The number of ether oxygens (including phenoxy) is 2. The van der Waals surface area contributed by atoms with Crippen molar-refractivity contribution in [1.29, 1.82) is 0 Å². The maximum atomic E-state index is 12.6. The molecule has 1 aliphatic rings. The Hall–Kier alpha value is -1.87. The molecule has 1 aromatic carbocycles. The van der Waals surface area contributed by atoms with Gasteiger partial charge in [-0.2, -0.15) is 0 Å². The van der Waals surface area contributed by atoms with E-state index in [1.165, 1.54) is 0 Å². The molecule has 0 unspecified atom stereocenters. The minimum absolute atomic E-state index is 0.0142. The van der Waals surface area contributed by atoms with Crippen molar-refractivity contribution in [1.82, 2.24) is 14.2 Å². The molecule has 0 spiro atoms. The van der Waals surface area contributed by atoms with E-state index in [1.807, 2.05) is 54.2 Å². The third kappa shape index (κ3) is 5.57. The molecule has 1 N–H and O–H groups in total. The van der Waals surface area contributed by atoms with Gasteiger partial charge in [-0.15, -0.1) is 0 Å². The van der Waals surface area contributed by atoms with Crippen LogP contribution in [0.1, 0.15) is 17.3 Å². The van der Waals surface area contributed by atoms with Gasteiger partial charge in [-0.3, -0.25) is 4.90 Å². The maximum Gasteiger partial charge on any atom is 0.211 e. The minimum atomic E-state index is -3.38. The van der Waals surface area contributed by atoms with E-state index in [2.05, 4.69) is 9.62 Å². The van der Waals surface area contributed by atoms with Crippen molar-refractivity contribution >= 4 is 10.0 Å². The van der Waals surface area contributed by atoms with Crippen molar-refractivity contribution in [2.45, 2.75) is 12.5 Å². The summed E-state index contributed by atoms with van der Waals surface area (Å²) in [7, 11) is 0.218. The monoisotopic (exact) mass is 407 g/mol. The van der Waals surface area contributed by atoms with Crippen LogP contribution < -0.4 is 9.46 Å². The normalized spacial score (nSPS) is 16.8. The molecule has 1 atom stereocenters. The fourth-order valence-corrected chi connectivity index (χ4v) is 4.51. The fraction of sp³-hybridized carbons (Fsp3) is 0.500. The van der Waals surface area contributed by atoms with Crippen molar-refractivity contribution < 1.29 is 17.9 Å². The number of sulfonamides is 1. The van der Waals surface area contributed by atoms with Crippen LogP contribution in [-0.4, -0.2) is 63.6 Å². The van der Waals surface area contributed by atoms with Gasteiger partial charge in [-0.1, -0.05) is 12.1 Å². The number of morpholine rings is 1. The number of aryl methyl sites for hydroxylation is 2. The molecule has 1 aromatic heterocycles. The minimum Gasteiger partial charge on any atom is -0.497 e. The molecule has 0 radical (unpaired) electrons. The summed E-state index contributed by atoms with van der Waals surface area (Å²) in [4.78, 5) is 2.28. The van der Waals surface area contributed by atoms with Crippen LogP contribution >= 0.6 is 0 Å². The Bertz CT molecular complexity index is 843. The summed E-state index contributed by atoms with van der Waals surface area (Å²) in [6.07, 6.45) is 2.45. The molecule has 7 nitrogen and oxygen atoms in total. The zero-order valence-electron chi connectivity index (χ0n) is 16.5. The zero-order valence-corrected chi connectivity index (χ0v) is 17.3. The van der Waals surface area contributed by atoms with Crippen LogP contribution in [0.5, 0.6) is 5.75 Å². The second kappa shape index (κ2) is 9.56. The first-order chi connectivity index (χ1) is 13.5. The summed E-state index contributed by atoms with van der Waals surface area (Å²) < 4.78 is 40.6. The maximum absolute atomic E-state index is 12.6. The Morgan fingerprint density at radius 2 is 1.89 bits per heavy atom. The van der Waals surface area contributed by atoms with Crippen LogP contribution in [0.2, 0.25) is 0 Å². The summed E-state index contributed by atoms with van der Waals surface area (Å²) in [5.74, 6) is 0.822. The number of nitrogens with one attached hydrogen (secondary N) is 1. The second-order valence-electron chi connectivity index (χ2n) is 6.97. The third-order valence-electron chi connectivity index (χ3n) is 5.13. The molecular weight excluding hydrogens is 378 g/mol. The van der Waals surface area contributed by atoms with Gasteiger partial charge in [0.2, 0.25) is 10.0 Å². The lowest BCUT2D eigenvalue weighted by atomic mass is 10.1. The number of aromatic nitrogens is 1. The zero-order chi connectivity index (χ0) is 20.0. The molecule has 1 aliphatic heterocycles. The van der Waals surface area contributed by atoms with Gasteiger partial charge < -0.3 is 14.0 Å². The van der Waals surface area contributed by atoms with Gasteiger partial charge in [0.15, 0.2) is 0 Å². The SMILES string of the molecule is COc1ccc(CCS(=O)(=O)NC[C@@H](c2cccn2C)N2CCOCC2)cc1. The van der Waals surface area contributed by atoms with E-state index in [0.29, 0.717) is 26.2 Å². The van der Waals surface area contributed by atoms with Crippen molar-refractivity contribution in [3.8, 4) is 5.75 Å². The number of benzene rings is 1. The molecular formula is C20H29N3O4S. The first-order valence-corrected chi connectivity index (χ1v) is 11.2. The molecule has 0 amide bonds. The van der Waals surface area contributed by atoms with Crippen LogP contribution in [0.15, 0.2) is 42.6 Å². The first kappa shape index (κ1) is 20.9. The Kier molecular flexibility index (Phi) is 7.12. The number of methoxy groups -OCH3 is 1. The number of nitrogens with zero attached hydrogens (tertiary/aromatic N) is 2. The summed E-state index contributed by atoms with van der Waals surface area (Å²) in [6, 6.07) is 11.5. The van der Waals surface area contributed by atoms with E-state index in [0.717, 1.165) is 30.1 Å². The number of hydrogen-bond donors (Lipinski definition) is 1. The highest BCUT2D eigenvalue weighted by molar-refractivity contribution is 7.89. The van der Waals surface area contributed by atoms with Crippen LogP contribution in [0.3, 0.4) is 0 Å². The number of hydrogen-bond acceptors (Lipinski definition) is 5. The molecule has 28 heavy (non-hydrogen) atoms. The number of rotatable bonds is 9. The summed E-state index contributed by atoms with van der Waals surface area (Å²) in [6.45, 7) is 3.28. The van der Waals surface area contributed by atoms with Crippen LogP contribution in [-0.2, 0) is 28.2 Å². The largest absolute Gasteiger partial charge is 0.497 e. The molecule has 0 saturated carbocycles. The fourth-order valence-electron chi connectivity index (χ4n) is 3.45. The molecule has 1 fully saturated rings. The predicted molar refractivity (Wildman–Crippen MR) is 109 cm³/mol. The molecule has 1 saturated heterocycles. The van der Waals surface area contributed by atoms with Gasteiger partial charge in [-0.05, 0) is 36.2 Å². The smallest absolute Gasteiger partial charge is 0.211 e. The van der Waals surface area contributed by atoms with Crippen molar-refractivity contribution in [3.05, 3.63) is 53.9 Å². The van der Waals surface area contributed by atoms with Gasteiger partial charge in [-0.25, -0.2) is 13.1 Å².